The molecule has 0 bridgehead atoms. The zero-order valence-electron chi connectivity index (χ0n) is 18.5. The van der Waals surface area contributed by atoms with Gasteiger partial charge in [0.1, 0.15) is 0 Å². The van der Waals surface area contributed by atoms with Gasteiger partial charge in [0.05, 0.1) is 30.2 Å². The summed E-state index contributed by atoms with van der Waals surface area (Å²) in [5, 5.41) is 20.0. The third-order valence-corrected chi connectivity index (χ3v) is 6.01. The number of rotatable bonds is 5. The Bertz CT molecular complexity index is 1380. The van der Waals surface area contributed by atoms with E-state index in [2.05, 4.69) is 0 Å². The molecule has 0 saturated heterocycles. The predicted octanol–water partition coefficient (Wildman–Crippen LogP) is 3.76. The Morgan fingerprint density at radius 3 is 2.47 bits per heavy atom. The molecule has 2 atom stereocenters. The number of aromatic nitrogens is 2. The fourth-order valence-corrected chi connectivity index (χ4v) is 4.49. The molecule has 0 fully saturated rings. The molecule has 0 aliphatic carbocycles. The number of anilines is 1. The van der Waals surface area contributed by atoms with Gasteiger partial charge >= 0.3 is 5.97 Å². The average Bonchev–Trinajstić information content (AvgIpc) is 3.22. The Kier molecular flexibility index (Phi) is 5.41. The number of para-hydroxylation sites is 2. The molecule has 0 spiro atoms. The first-order chi connectivity index (χ1) is 16.5. The Morgan fingerprint density at radius 2 is 1.74 bits per heavy atom. The van der Waals surface area contributed by atoms with E-state index in [1.54, 1.807) is 13.0 Å². The standard InChI is InChI=1S/C26H23N3O5/c1-2-34-25(33)22-23(17-12-13-20(30)21(31)14-17)29-19-11-7-6-10-18(19)27-26(29)28(24(22)32)15-16-8-4-3-5-9-16/h3-14,22-23,30-31H,2,15H2,1H3/t22-,23+/m1/s1. The van der Waals surface area contributed by atoms with Crippen molar-refractivity contribution < 1.29 is 24.5 Å². The summed E-state index contributed by atoms with van der Waals surface area (Å²) in [6.45, 7) is 2.03. The van der Waals surface area contributed by atoms with E-state index >= 15 is 0 Å². The number of phenolic OH excluding ortho intramolecular Hbond substituents is 2. The Morgan fingerprint density at radius 1 is 1.00 bits per heavy atom. The van der Waals surface area contributed by atoms with Crippen molar-refractivity contribution in [3.63, 3.8) is 0 Å². The van der Waals surface area contributed by atoms with Gasteiger partial charge in [-0.25, -0.2) is 4.98 Å². The second-order valence-electron chi connectivity index (χ2n) is 8.10. The van der Waals surface area contributed by atoms with Crippen molar-refractivity contribution in [3.05, 3.63) is 83.9 Å². The van der Waals surface area contributed by atoms with Crippen molar-refractivity contribution in [1.82, 2.24) is 9.55 Å². The maximum Gasteiger partial charge on any atom is 0.321 e. The second kappa shape index (κ2) is 8.55. The topological polar surface area (TPSA) is 105 Å². The van der Waals surface area contributed by atoms with Crippen LogP contribution in [0.1, 0.15) is 24.1 Å². The van der Waals surface area contributed by atoms with Crippen molar-refractivity contribution in [1.29, 1.82) is 0 Å². The zero-order valence-corrected chi connectivity index (χ0v) is 18.5. The SMILES string of the molecule is CCOC(=O)[C@H]1C(=O)N(Cc2ccccc2)c2nc3ccccc3n2[C@H]1c1ccc(O)c(O)c1. The number of aromatic hydroxyl groups is 2. The number of hydrogen-bond acceptors (Lipinski definition) is 6. The van der Waals surface area contributed by atoms with E-state index in [4.69, 9.17) is 9.72 Å². The van der Waals surface area contributed by atoms with Crippen molar-refractivity contribution in [2.45, 2.75) is 19.5 Å². The van der Waals surface area contributed by atoms with E-state index in [-0.39, 0.29) is 24.7 Å². The van der Waals surface area contributed by atoms with E-state index in [9.17, 15) is 19.8 Å². The van der Waals surface area contributed by atoms with Crippen molar-refractivity contribution in [2.24, 2.45) is 5.92 Å². The quantitative estimate of drug-likeness (QED) is 0.269. The maximum atomic E-state index is 13.9. The highest BCUT2D eigenvalue weighted by molar-refractivity contribution is 6.08. The summed E-state index contributed by atoms with van der Waals surface area (Å²) < 4.78 is 7.17. The van der Waals surface area contributed by atoms with Gasteiger partial charge in [0.15, 0.2) is 17.4 Å². The number of nitrogens with zero attached hydrogens (tertiary/aromatic N) is 3. The van der Waals surface area contributed by atoms with Crippen LogP contribution in [0.3, 0.4) is 0 Å². The summed E-state index contributed by atoms with van der Waals surface area (Å²) in [5.74, 6) is -2.55. The molecule has 1 aliphatic heterocycles. The number of benzene rings is 3. The lowest BCUT2D eigenvalue weighted by Crippen LogP contribution is -2.49. The minimum atomic E-state index is -1.21. The highest BCUT2D eigenvalue weighted by Crippen LogP contribution is 2.43. The molecule has 4 aromatic rings. The van der Waals surface area contributed by atoms with Gasteiger partial charge < -0.3 is 19.5 Å². The highest BCUT2D eigenvalue weighted by Gasteiger charge is 2.48. The van der Waals surface area contributed by atoms with Gasteiger partial charge in [0.25, 0.3) is 0 Å². The number of hydrogen-bond donors (Lipinski definition) is 2. The molecule has 8 nitrogen and oxygen atoms in total. The summed E-state index contributed by atoms with van der Waals surface area (Å²) in [6, 6.07) is 20.4. The van der Waals surface area contributed by atoms with Crippen LogP contribution in [-0.2, 0) is 20.9 Å². The van der Waals surface area contributed by atoms with Crippen molar-refractivity contribution in [3.8, 4) is 11.5 Å². The molecular formula is C26H23N3O5. The van der Waals surface area contributed by atoms with E-state index in [1.165, 1.54) is 17.0 Å². The van der Waals surface area contributed by atoms with E-state index in [1.807, 2.05) is 59.2 Å². The number of fused-ring (bicyclic) bond motifs is 3. The fourth-order valence-electron chi connectivity index (χ4n) is 4.49. The third-order valence-electron chi connectivity index (χ3n) is 6.01. The first-order valence-electron chi connectivity index (χ1n) is 11.0. The van der Waals surface area contributed by atoms with Gasteiger partial charge in [-0.2, -0.15) is 0 Å². The monoisotopic (exact) mass is 457 g/mol. The van der Waals surface area contributed by atoms with Gasteiger partial charge in [-0.05, 0) is 42.3 Å². The lowest BCUT2D eigenvalue weighted by atomic mass is 9.89. The molecule has 0 saturated carbocycles. The van der Waals surface area contributed by atoms with Crippen LogP contribution in [0.15, 0.2) is 72.8 Å². The summed E-state index contributed by atoms with van der Waals surface area (Å²) in [7, 11) is 0. The van der Waals surface area contributed by atoms with Crippen LogP contribution >= 0.6 is 0 Å². The molecule has 172 valence electrons. The number of amides is 1. The van der Waals surface area contributed by atoms with Gasteiger partial charge in [-0.15, -0.1) is 0 Å². The number of esters is 1. The van der Waals surface area contributed by atoms with E-state index in [0.717, 1.165) is 11.1 Å². The van der Waals surface area contributed by atoms with Crippen LogP contribution in [0, 0.1) is 5.92 Å². The number of carbonyl (C=O) groups excluding carboxylic acids is 2. The van der Waals surface area contributed by atoms with Crippen molar-refractivity contribution in [2.75, 3.05) is 11.5 Å². The number of phenols is 2. The van der Waals surface area contributed by atoms with Gasteiger partial charge in [-0.3, -0.25) is 14.5 Å². The smallest absolute Gasteiger partial charge is 0.321 e. The van der Waals surface area contributed by atoms with Gasteiger partial charge in [0, 0.05) is 0 Å². The first-order valence-corrected chi connectivity index (χ1v) is 11.0. The minimum Gasteiger partial charge on any atom is -0.504 e. The van der Waals surface area contributed by atoms with Crippen LogP contribution in [0.2, 0.25) is 0 Å². The molecule has 2 heterocycles. The van der Waals surface area contributed by atoms with Crippen LogP contribution in [0.25, 0.3) is 11.0 Å². The van der Waals surface area contributed by atoms with Crippen LogP contribution in [0.4, 0.5) is 5.95 Å². The molecule has 1 aliphatic rings. The van der Waals surface area contributed by atoms with E-state index in [0.29, 0.717) is 17.0 Å². The van der Waals surface area contributed by atoms with Crippen LogP contribution in [0.5, 0.6) is 11.5 Å². The molecule has 5 rings (SSSR count). The lowest BCUT2D eigenvalue weighted by molar-refractivity contribution is -0.153. The molecule has 34 heavy (non-hydrogen) atoms. The molecule has 0 unspecified atom stereocenters. The molecule has 1 aromatic heterocycles. The zero-order chi connectivity index (χ0) is 23.8. The Labute approximate surface area is 195 Å². The number of carbonyl (C=O) groups is 2. The fraction of sp³-hybridized carbons (Fsp3) is 0.192. The second-order valence-corrected chi connectivity index (χ2v) is 8.10. The highest BCUT2D eigenvalue weighted by atomic mass is 16.5. The maximum absolute atomic E-state index is 13.9. The largest absolute Gasteiger partial charge is 0.504 e. The Hall–Kier alpha value is -4.33. The third kappa shape index (κ3) is 3.53. The minimum absolute atomic E-state index is 0.117. The summed E-state index contributed by atoms with van der Waals surface area (Å²) in [4.78, 5) is 33.3. The number of ether oxygens (including phenoxy) is 1. The average molecular weight is 457 g/mol. The first kappa shape index (κ1) is 21.5. The molecule has 3 aromatic carbocycles. The predicted molar refractivity (Wildman–Crippen MR) is 125 cm³/mol. The lowest BCUT2D eigenvalue weighted by Gasteiger charge is -2.38. The van der Waals surface area contributed by atoms with Crippen LogP contribution in [-0.4, -0.2) is 38.2 Å². The number of imidazole rings is 1. The van der Waals surface area contributed by atoms with Gasteiger partial charge in [0.2, 0.25) is 11.9 Å². The van der Waals surface area contributed by atoms with E-state index < -0.39 is 23.8 Å². The molecular weight excluding hydrogens is 434 g/mol. The van der Waals surface area contributed by atoms with Gasteiger partial charge in [-0.1, -0.05) is 48.5 Å². The summed E-state index contributed by atoms with van der Waals surface area (Å²) in [5.41, 5.74) is 2.76. The molecule has 0 radical (unpaired) electrons. The van der Waals surface area contributed by atoms with Crippen LogP contribution < -0.4 is 4.90 Å². The molecule has 8 heteroatoms. The summed E-state index contributed by atoms with van der Waals surface area (Å²) in [6.07, 6.45) is 0. The van der Waals surface area contributed by atoms with Crippen molar-refractivity contribution >= 4 is 28.9 Å². The molecule has 2 N–H and O–H groups in total. The molecule has 1 amide bonds. The normalized spacial score (nSPS) is 17.6. The summed E-state index contributed by atoms with van der Waals surface area (Å²) >= 11 is 0. The Balaban J connectivity index is 1.76.